The average molecular weight is 239 g/mol. The maximum atomic E-state index is 5.99. The number of rotatable bonds is 1. The molecule has 1 aromatic heterocycles. The maximum absolute atomic E-state index is 5.99. The lowest BCUT2D eigenvalue weighted by Crippen LogP contribution is -1.90. The van der Waals surface area contributed by atoms with Crippen molar-refractivity contribution in [3.63, 3.8) is 0 Å². The third-order valence-corrected chi connectivity index (χ3v) is 3.25. The van der Waals surface area contributed by atoms with Gasteiger partial charge in [-0.2, -0.15) is 8.75 Å². The summed E-state index contributed by atoms with van der Waals surface area (Å²) in [6, 6.07) is 4.27. The molecule has 1 heterocycles. The van der Waals surface area contributed by atoms with E-state index in [9.17, 15) is 0 Å². The van der Waals surface area contributed by atoms with Gasteiger partial charge in [-0.3, -0.25) is 0 Å². The molecule has 2 nitrogen and oxygen atoms in total. The third-order valence-electron chi connectivity index (χ3n) is 2.36. The van der Waals surface area contributed by atoms with Gasteiger partial charge in [-0.25, -0.2) is 0 Å². The molecule has 1 aromatic carbocycles. The van der Waals surface area contributed by atoms with E-state index in [0.29, 0.717) is 5.15 Å². The molecule has 78 valence electrons. The van der Waals surface area contributed by atoms with Crippen molar-refractivity contribution in [2.75, 3.05) is 0 Å². The van der Waals surface area contributed by atoms with Crippen molar-refractivity contribution in [1.82, 2.24) is 8.75 Å². The molecule has 0 aliphatic carbocycles. The topological polar surface area (TPSA) is 25.8 Å². The smallest absolute Gasteiger partial charge is 0.170 e. The summed E-state index contributed by atoms with van der Waals surface area (Å²) in [5, 5.41) is 0.495. The fourth-order valence-corrected chi connectivity index (χ4v) is 2.62. The van der Waals surface area contributed by atoms with Crippen molar-refractivity contribution in [3.8, 4) is 11.3 Å². The van der Waals surface area contributed by atoms with Gasteiger partial charge in [0.1, 0.15) is 5.69 Å². The Morgan fingerprint density at radius 3 is 2.13 bits per heavy atom. The number of aryl methyl sites for hydroxylation is 3. The molecule has 2 aromatic rings. The van der Waals surface area contributed by atoms with E-state index in [1.165, 1.54) is 16.7 Å². The highest BCUT2D eigenvalue weighted by Gasteiger charge is 2.13. The van der Waals surface area contributed by atoms with E-state index in [4.69, 9.17) is 11.6 Å². The minimum Gasteiger partial charge on any atom is -0.171 e. The molecule has 0 saturated heterocycles. The van der Waals surface area contributed by atoms with Gasteiger partial charge >= 0.3 is 0 Å². The van der Waals surface area contributed by atoms with Crippen LogP contribution in [0.2, 0.25) is 5.15 Å². The maximum Gasteiger partial charge on any atom is 0.170 e. The van der Waals surface area contributed by atoms with Crippen molar-refractivity contribution in [1.29, 1.82) is 0 Å². The van der Waals surface area contributed by atoms with Gasteiger partial charge in [-0.1, -0.05) is 29.3 Å². The number of aromatic nitrogens is 2. The van der Waals surface area contributed by atoms with Crippen molar-refractivity contribution >= 4 is 23.3 Å². The number of benzene rings is 1. The summed E-state index contributed by atoms with van der Waals surface area (Å²) in [7, 11) is 0. The first kappa shape index (κ1) is 10.6. The van der Waals surface area contributed by atoms with Crippen LogP contribution in [0.4, 0.5) is 0 Å². The monoisotopic (exact) mass is 238 g/mol. The Kier molecular flexibility index (Phi) is 2.76. The summed E-state index contributed by atoms with van der Waals surface area (Å²) in [5.74, 6) is 0. The highest BCUT2D eigenvalue weighted by atomic mass is 35.5. The molecule has 0 radical (unpaired) electrons. The van der Waals surface area contributed by atoms with Crippen LogP contribution in [0, 0.1) is 20.8 Å². The van der Waals surface area contributed by atoms with E-state index in [1.54, 1.807) is 0 Å². The molecule has 0 saturated carbocycles. The SMILES string of the molecule is Cc1cc(C)c(-c2nsnc2Cl)c(C)c1. The first-order chi connectivity index (χ1) is 7.09. The summed E-state index contributed by atoms with van der Waals surface area (Å²) in [6.07, 6.45) is 0. The summed E-state index contributed by atoms with van der Waals surface area (Å²) >= 11 is 7.15. The minimum atomic E-state index is 0.495. The van der Waals surface area contributed by atoms with Crippen LogP contribution in [-0.2, 0) is 0 Å². The number of nitrogens with zero attached hydrogens (tertiary/aromatic N) is 2. The minimum absolute atomic E-state index is 0.495. The van der Waals surface area contributed by atoms with Crippen LogP contribution in [0.25, 0.3) is 11.3 Å². The van der Waals surface area contributed by atoms with Crippen LogP contribution in [0.15, 0.2) is 12.1 Å². The molecule has 0 atom stereocenters. The molecule has 2 rings (SSSR count). The Morgan fingerprint density at radius 2 is 1.67 bits per heavy atom. The summed E-state index contributed by atoms with van der Waals surface area (Å²) in [4.78, 5) is 0. The lowest BCUT2D eigenvalue weighted by Gasteiger charge is -2.08. The summed E-state index contributed by atoms with van der Waals surface area (Å²) in [6.45, 7) is 6.24. The molecule has 0 fully saturated rings. The Bertz CT molecular complexity index is 482. The number of hydrogen-bond acceptors (Lipinski definition) is 3. The highest BCUT2D eigenvalue weighted by molar-refractivity contribution is 6.99. The van der Waals surface area contributed by atoms with Gasteiger partial charge in [-0.05, 0) is 31.9 Å². The fourth-order valence-electron chi connectivity index (χ4n) is 1.88. The van der Waals surface area contributed by atoms with E-state index in [2.05, 4.69) is 41.7 Å². The normalized spacial score (nSPS) is 10.7. The first-order valence-electron chi connectivity index (χ1n) is 4.66. The molecular weight excluding hydrogens is 228 g/mol. The van der Waals surface area contributed by atoms with Crippen LogP contribution in [0.5, 0.6) is 0 Å². The first-order valence-corrected chi connectivity index (χ1v) is 5.76. The molecule has 0 aliphatic rings. The Balaban J connectivity index is 2.68. The second-order valence-electron chi connectivity index (χ2n) is 3.68. The third kappa shape index (κ3) is 1.90. The Labute approximate surface area is 98.2 Å². The average Bonchev–Trinajstić information content (AvgIpc) is 2.50. The molecule has 0 spiro atoms. The Hall–Kier alpha value is -0.930. The van der Waals surface area contributed by atoms with E-state index in [0.717, 1.165) is 23.0 Å². The van der Waals surface area contributed by atoms with E-state index >= 15 is 0 Å². The quantitative estimate of drug-likeness (QED) is 0.756. The zero-order chi connectivity index (χ0) is 11.0. The molecule has 0 N–H and O–H groups in total. The van der Waals surface area contributed by atoms with E-state index in [1.807, 2.05) is 0 Å². The van der Waals surface area contributed by atoms with Gasteiger partial charge in [0, 0.05) is 5.56 Å². The lowest BCUT2D eigenvalue weighted by molar-refractivity contribution is 1.30. The van der Waals surface area contributed by atoms with Gasteiger partial charge < -0.3 is 0 Å². The predicted molar refractivity (Wildman–Crippen MR) is 64.6 cm³/mol. The number of hydrogen-bond donors (Lipinski definition) is 0. The molecule has 4 heteroatoms. The largest absolute Gasteiger partial charge is 0.171 e. The Morgan fingerprint density at radius 1 is 1.07 bits per heavy atom. The fraction of sp³-hybridized carbons (Fsp3) is 0.273. The standard InChI is InChI=1S/C11H11ClN2S/c1-6-4-7(2)9(8(3)5-6)10-11(12)14-15-13-10/h4-5H,1-3H3. The molecule has 0 aliphatic heterocycles. The number of halogens is 1. The lowest BCUT2D eigenvalue weighted by atomic mass is 9.98. The van der Waals surface area contributed by atoms with Gasteiger partial charge in [0.15, 0.2) is 5.15 Å². The zero-order valence-corrected chi connectivity index (χ0v) is 10.4. The van der Waals surface area contributed by atoms with E-state index < -0.39 is 0 Å². The predicted octanol–water partition coefficient (Wildman–Crippen LogP) is 3.78. The van der Waals surface area contributed by atoms with Crippen molar-refractivity contribution in [2.24, 2.45) is 0 Å². The summed E-state index contributed by atoms with van der Waals surface area (Å²) < 4.78 is 8.23. The van der Waals surface area contributed by atoms with Crippen molar-refractivity contribution < 1.29 is 0 Å². The van der Waals surface area contributed by atoms with Gasteiger partial charge in [0.25, 0.3) is 0 Å². The molecule has 0 unspecified atom stereocenters. The molecule has 0 amide bonds. The molecule has 15 heavy (non-hydrogen) atoms. The molecular formula is C11H11ClN2S. The molecule has 0 bridgehead atoms. The van der Waals surface area contributed by atoms with Crippen LogP contribution in [0.3, 0.4) is 0 Å². The van der Waals surface area contributed by atoms with Crippen LogP contribution in [0.1, 0.15) is 16.7 Å². The summed E-state index contributed by atoms with van der Waals surface area (Å²) in [5.41, 5.74) is 5.56. The van der Waals surface area contributed by atoms with Crippen LogP contribution < -0.4 is 0 Å². The van der Waals surface area contributed by atoms with Crippen LogP contribution >= 0.6 is 23.3 Å². The van der Waals surface area contributed by atoms with Gasteiger partial charge in [0.2, 0.25) is 0 Å². The second-order valence-corrected chi connectivity index (χ2v) is 4.56. The van der Waals surface area contributed by atoms with Crippen molar-refractivity contribution in [3.05, 3.63) is 34.0 Å². The van der Waals surface area contributed by atoms with Crippen molar-refractivity contribution in [2.45, 2.75) is 20.8 Å². The van der Waals surface area contributed by atoms with Gasteiger partial charge in [0.05, 0.1) is 11.7 Å². The second kappa shape index (κ2) is 3.91. The highest BCUT2D eigenvalue weighted by Crippen LogP contribution is 2.31. The van der Waals surface area contributed by atoms with Gasteiger partial charge in [-0.15, -0.1) is 0 Å². The zero-order valence-electron chi connectivity index (χ0n) is 8.84. The van der Waals surface area contributed by atoms with Crippen LogP contribution in [-0.4, -0.2) is 8.75 Å². The van der Waals surface area contributed by atoms with E-state index in [-0.39, 0.29) is 0 Å².